The van der Waals surface area contributed by atoms with Gasteiger partial charge >= 0.3 is 5.97 Å². The number of ketones is 1. The van der Waals surface area contributed by atoms with E-state index in [0.717, 1.165) is 0 Å². The van der Waals surface area contributed by atoms with E-state index in [9.17, 15) is 9.59 Å². The smallest absolute Gasteiger partial charge is 0.306 e. The standard InChI is InChI=1S/C13H14O5/c1-16-10-5-3-4-9-12(15)8(6-11(14)17-2)7-18-13(9)10/h3-5,8H,6-7H2,1-2H3/t8-/m1/s1. The third kappa shape index (κ3) is 2.16. The summed E-state index contributed by atoms with van der Waals surface area (Å²) in [7, 11) is 2.82. The molecule has 0 saturated heterocycles. The molecular weight excluding hydrogens is 236 g/mol. The van der Waals surface area contributed by atoms with Crippen molar-refractivity contribution in [3.05, 3.63) is 23.8 Å². The van der Waals surface area contributed by atoms with E-state index in [1.165, 1.54) is 14.2 Å². The molecule has 5 heteroatoms. The number of esters is 1. The van der Waals surface area contributed by atoms with Gasteiger partial charge in [-0.2, -0.15) is 0 Å². The average molecular weight is 250 g/mol. The predicted molar refractivity (Wildman–Crippen MR) is 62.9 cm³/mol. The van der Waals surface area contributed by atoms with Gasteiger partial charge in [0.15, 0.2) is 17.3 Å². The minimum absolute atomic E-state index is 0.0337. The van der Waals surface area contributed by atoms with Gasteiger partial charge in [-0.15, -0.1) is 0 Å². The zero-order valence-electron chi connectivity index (χ0n) is 10.3. The second-order valence-corrected chi connectivity index (χ2v) is 3.99. The minimum Gasteiger partial charge on any atom is -0.493 e. The van der Waals surface area contributed by atoms with Gasteiger partial charge in [0.05, 0.1) is 38.7 Å². The van der Waals surface area contributed by atoms with Crippen LogP contribution in [0.2, 0.25) is 0 Å². The topological polar surface area (TPSA) is 61.8 Å². The second kappa shape index (κ2) is 5.08. The molecule has 1 aliphatic rings. The molecule has 0 fully saturated rings. The molecule has 18 heavy (non-hydrogen) atoms. The summed E-state index contributed by atoms with van der Waals surface area (Å²) in [5.74, 6) is -0.0376. The summed E-state index contributed by atoms with van der Waals surface area (Å²) in [6.45, 7) is 0.168. The van der Waals surface area contributed by atoms with Crippen LogP contribution in [0.3, 0.4) is 0 Å². The summed E-state index contributed by atoms with van der Waals surface area (Å²) in [4.78, 5) is 23.4. The Bertz CT molecular complexity index is 480. The van der Waals surface area contributed by atoms with Crippen LogP contribution < -0.4 is 9.47 Å². The molecular formula is C13H14O5. The zero-order chi connectivity index (χ0) is 13.1. The van der Waals surface area contributed by atoms with E-state index < -0.39 is 11.9 Å². The van der Waals surface area contributed by atoms with Crippen LogP contribution in [-0.2, 0) is 9.53 Å². The van der Waals surface area contributed by atoms with Crippen LogP contribution in [0.4, 0.5) is 0 Å². The van der Waals surface area contributed by atoms with Crippen LogP contribution in [0.1, 0.15) is 16.8 Å². The van der Waals surface area contributed by atoms with E-state index in [2.05, 4.69) is 4.74 Å². The largest absolute Gasteiger partial charge is 0.493 e. The lowest BCUT2D eigenvalue weighted by Gasteiger charge is -2.24. The van der Waals surface area contributed by atoms with Gasteiger partial charge in [-0.05, 0) is 12.1 Å². The van der Waals surface area contributed by atoms with Crippen LogP contribution in [0.5, 0.6) is 11.5 Å². The van der Waals surface area contributed by atoms with Gasteiger partial charge in [-0.25, -0.2) is 0 Å². The molecule has 5 nitrogen and oxygen atoms in total. The van der Waals surface area contributed by atoms with Crippen molar-refractivity contribution in [2.45, 2.75) is 6.42 Å². The highest BCUT2D eigenvalue weighted by Gasteiger charge is 2.32. The van der Waals surface area contributed by atoms with Crippen LogP contribution >= 0.6 is 0 Å². The minimum atomic E-state index is -0.489. The van der Waals surface area contributed by atoms with Gasteiger partial charge in [0, 0.05) is 0 Å². The van der Waals surface area contributed by atoms with Crippen molar-refractivity contribution in [2.24, 2.45) is 5.92 Å². The van der Waals surface area contributed by atoms with Crippen molar-refractivity contribution in [2.75, 3.05) is 20.8 Å². The van der Waals surface area contributed by atoms with Crippen molar-refractivity contribution in [3.8, 4) is 11.5 Å². The molecule has 1 aromatic carbocycles. The molecule has 0 radical (unpaired) electrons. The highest BCUT2D eigenvalue weighted by Crippen LogP contribution is 2.36. The molecule has 1 aromatic rings. The molecule has 96 valence electrons. The molecule has 0 aliphatic carbocycles. The highest BCUT2D eigenvalue weighted by molar-refractivity contribution is 6.03. The maximum Gasteiger partial charge on any atom is 0.306 e. The first-order valence-electron chi connectivity index (χ1n) is 5.58. The molecule has 0 N–H and O–H groups in total. The van der Waals surface area contributed by atoms with Crippen LogP contribution in [0, 0.1) is 5.92 Å². The van der Waals surface area contributed by atoms with Crippen molar-refractivity contribution >= 4 is 11.8 Å². The summed E-state index contributed by atoms with van der Waals surface area (Å²) in [6.07, 6.45) is 0.0337. The molecule has 1 aliphatic heterocycles. The third-order valence-electron chi connectivity index (χ3n) is 2.90. The fourth-order valence-corrected chi connectivity index (χ4v) is 1.94. The Hall–Kier alpha value is -2.04. The Kier molecular flexibility index (Phi) is 3.50. The van der Waals surface area contributed by atoms with E-state index >= 15 is 0 Å². The molecule has 0 aromatic heterocycles. The SMILES string of the molecule is COC(=O)C[C@@H]1COc2c(OC)cccc2C1=O. The Labute approximate surface area is 105 Å². The van der Waals surface area contributed by atoms with E-state index in [1.807, 2.05) is 0 Å². The van der Waals surface area contributed by atoms with E-state index in [-0.39, 0.29) is 18.8 Å². The summed E-state index contributed by atoms with van der Waals surface area (Å²) in [5.41, 5.74) is 0.453. The monoisotopic (exact) mass is 250 g/mol. The number of carbonyl (C=O) groups is 2. The van der Waals surface area contributed by atoms with Gasteiger partial charge in [0.2, 0.25) is 0 Å². The van der Waals surface area contributed by atoms with Crippen molar-refractivity contribution in [3.63, 3.8) is 0 Å². The fraction of sp³-hybridized carbons (Fsp3) is 0.385. The number of carbonyl (C=O) groups excluding carboxylic acids is 2. The number of methoxy groups -OCH3 is 2. The number of fused-ring (bicyclic) bond motifs is 1. The Morgan fingerprint density at radius 2 is 2.22 bits per heavy atom. The van der Waals surface area contributed by atoms with E-state index in [4.69, 9.17) is 9.47 Å². The highest BCUT2D eigenvalue weighted by atomic mass is 16.5. The lowest BCUT2D eigenvalue weighted by molar-refractivity contribution is -0.141. The summed E-state index contributed by atoms with van der Waals surface area (Å²) < 4.78 is 15.2. The van der Waals surface area contributed by atoms with Crippen molar-refractivity contribution < 1.29 is 23.8 Å². The van der Waals surface area contributed by atoms with Crippen LogP contribution in [0.15, 0.2) is 18.2 Å². The zero-order valence-corrected chi connectivity index (χ0v) is 10.3. The average Bonchev–Trinajstić information content (AvgIpc) is 2.41. The summed E-state index contributed by atoms with van der Waals surface area (Å²) >= 11 is 0. The van der Waals surface area contributed by atoms with E-state index in [1.54, 1.807) is 18.2 Å². The number of hydrogen-bond donors (Lipinski definition) is 0. The molecule has 1 heterocycles. The normalized spacial score (nSPS) is 17.7. The molecule has 1 atom stereocenters. The van der Waals surface area contributed by atoms with Crippen molar-refractivity contribution in [1.82, 2.24) is 0 Å². The lowest BCUT2D eigenvalue weighted by Crippen LogP contribution is -2.30. The molecule has 0 amide bonds. The molecule has 0 unspecified atom stereocenters. The van der Waals surface area contributed by atoms with Gasteiger partial charge in [0.25, 0.3) is 0 Å². The lowest BCUT2D eigenvalue weighted by atomic mass is 9.92. The number of hydrogen-bond acceptors (Lipinski definition) is 5. The maximum absolute atomic E-state index is 12.2. The van der Waals surface area contributed by atoms with E-state index in [0.29, 0.717) is 17.1 Å². The third-order valence-corrected chi connectivity index (χ3v) is 2.90. The number of Topliss-reactive ketones (excluding diaryl/α,β-unsaturated/α-hetero) is 1. The number of benzene rings is 1. The van der Waals surface area contributed by atoms with Gasteiger partial charge in [-0.1, -0.05) is 6.07 Å². The first kappa shape index (κ1) is 12.4. The predicted octanol–water partition coefficient (Wildman–Crippen LogP) is 1.45. The quantitative estimate of drug-likeness (QED) is 0.760. The van der Waals surface area contributed by atoms with Crippen LogP contribution in [-0.4, -0.2) is 32.6 Å². The van der Waals surface area contributed by atoms with Crippen LogP contribution in [0.25, 0.3) is 0 Å². The van der Waals surface area contributed by atoms with Gasteiger partial charge < -0.3 is 14.2 Å². The number of rotatable bonds is 3. The maximum atomic E-state index is 12.2. The fourth-order valence-electron chi connectivity index (χ4n) is 1.94. The van der Waals surface area contributed by atoms with Crippen molar-refractivity contribution in [1.29, 1.82) is 0 Å². The first-order valence-corrected chi connectivity index (χ1v) is 5.58. The molecule has 0 saturated carbocycles. The Balaban J connectivity index is 2.26. The Morgan fingerprint density at radius 3 is 2.89 bits per heavy atom. The molecule has 0 bridgehead atoms. The first-order chi connectivity index (χ1) is 8.67. The Morgan fingerprint density at radius 1 is 1.44 bits per heavy atom. The number of para-hydroxylation sites is 1. The summed E-state index contributed by atoms with van der Waals surface area (Å²) in [6, 6.07) is 5.12. The molecule has 0 spiro atoms. The van der Waals surface area contributed by atoms with Gasteiger partial charge in [0.1, 0.15) is 0 Å². The number of ether oxygens (including phenoxy) is 3. The summed E-state index contributed by atoms with van der Waals surface area (Å²) in [5, 5.41) is 0. The van der Waals surface area contributed by atoms with Gasteiger partial charge in [-0.3, -0.25) is 9.59 Å². The second-order valence-electron chi connectivity index (χ2n) is 3.99. The molecule has 2 rings (SSSR count).